The van der Waals surface area contributed by atoms with E-state index in [1.807, 2.05) is 19.0 Å². The van der Waals surface area contributed by atoms with Crippen LogP contribution in [0.5, 0.6) is 0 Å². The Morgan fingerprint density at radius 2 is 2.05 bits per heavy atom. The Kier molecular flexibility index (Phi) is 4.55. The normalized spacial score (nSPS) is 19.4. The molecule has 0 bridgehead atoms. The molecule has 1 unspecified atom stereocenters. The SMILES string of the molecule is CN(C)C1CCCN(c2ccc(C(N)=S)c(F)c2F)C1. The van der Waals surface area contributed by atoms with Gasteiger partial charge in [0.2, 0.25) is 0 Å². The first-order valence-electron chi connectivity index (χ1n) is 6.61. The lowest BCUT2D eigenvalue weighted by atomic mass is 10.0. The molecule has 0 aliphatic carbocycles. The van der Waals surface area contributed by atoms with Gasteiger partial charge >= 0.3 is 0 Å². The average molecular weight is 299 g/mol. The number of rotatable bonds is 3. The van der Waals surface area contributed by atoms with Gasteiger partial charge in [-0.2, -0.15) is 0 Å². The van der Waals surface area contributed by atoms with Gasteiger partial charge in [0.15, 0.2) is 11.6 Å². The molecule has 1 aliphatic heterocycles. The van der Waals surface area contributed by atoms with Gasteiger partial charge in [-0.25, -0.2) is 8.78 Å². The summed E-state index contributed by atoms with van der Waals surface area (Å²) in [5, 5.41) is 0. The Bertz CT molecular complexity index is 519. The zero-order valence-corrected chi connectivity index (χ0v) is 12.5. The minimum absolute atomic E-state index is 0.0394. The van der Waals surface area contributed by atoms with Crippen LogP contribution in [0.4, 0.5) is 14.5 Å². The van der Waals surface area contributed by atoms with Crippen LogP contribution in [0.25, 0.3) is 0 Å². The highest BCUT2D eigenvalue weighted by molar-refractivity contribution is 7.80. The molecule has 3 nitrogen and oxygen atoms in total. The van der Waals surface area contributed by atoms with Crippen molar-refractivity contribution in [3.05, 3.63) is 29.3 Å². The van der Waals surface area contributed by atoms with Crippen molar-refractivity contribution in [2.75, 3.05) is 32.1 Å². The van der Waals surface area contributed by atoms with Crippen LogP contribution in [0, 0.1) is 11.6 Å². The summed E-state index contributed by atoms with van der Waals surface area (Å²) in [6, 6.07) is 3.36. The topological polar surface area (TPSA) is 32.5 Å². The summed E-state index contributed by atoms with van der Waals surface area (Å²) < 4.78 is 28.1. The molecule has 20 heavy (non-hydrogen) atoms. The number of piperidine rings is 1. The molecule has 2 rings (SSSR count). The van der Waals surface area contributed by atoms with E-state index in [1.165, 1.54) is 6.07 Å². The Morgan fingerprint density at radius 3 is 2.65 bits per heavy atom. The summed E-state index contributed by atoms with van der Waals surface area (Å²) in [6.07, 6.45) is 2.03. The van der Waals surface area contributed by atoms with Gasteiger partial charge in [0.25, 0.3) is 0 Å². The molecule has 1 aromatic rings. The van der Waals surface area contributed by atoms with Crippen molar-refractivity contribution in [2.24, 2.45) is 5.73 Å². The fourth-order valence-electron chi connectivity index (χ4n) is 2.57. The summed E-state index contributed by atoms with van der Waals surface area (Å²) in [4.78, 5) is 3.87. The van der Waals surface area contributed by atoms with E-state index in [2.05, 4.69) is 4.90 Å². The number of nitrogens with two attached hydrogens (primary N) is 1. The molecular formula is C14H19F2N3S. The van der Waals surface area contributed by atoms with E-state index >= 15 is 0 Å². The van der Waals surface area contributed by atoms with Crippen LogP contribution >= 0.6 is 12.2 Å². The molecule has 0 spiro atoms. The van der Waals surface area contributed by atoms with E-state index in [0.717, 1.165) is 19.4 Å². The largest absolute Gasteiger partial charge is 0.389 e. The molecule has 0 amide bonds. The Morgan fingerprint density at radius 1 is 1.35 bits per heavy atom. The van der Waals surface area contributed by atoms with Crippen LogP contribution in [0.2, 0.25) is 0 Å². The summed E-state index contributed by atoms with van der Waals surface area (Å²) >= 11 is 4.71. The molecule has 6 heteroatoms. The van der Waals surface area contributed by atoms with Crippen molar-refractivity contribution < 1.29 is 8.78 Å². The molecule has 0 radical (unpaired) electrons. The van der Waals surface area contributed by atoms with E-state index < -0.39 is 11.6 Å². The van der Waals surface area contributed by atoms with Gasteiger partial charge in [-0.1, -0.05) is 12.2 Å². The molecule has 2 N–H and O–H groups in total. The molecule has 0 aromatic heterocycles. The first kappa shape index (κ1) is 15.1. The van der Waals surface area contributed by atoms with Gasteiger partial charge < -0.3 is 15.5 Å². The van der Waals surface area contributed by atoms with Crippen LogP contribution in [0.15, 0.2) is 12.1 Å². The highest BCUT2D eigenvalue weighted by Crippen LogP contribution is 2.27. The molecule has 0 saturated carbocycles. The van der Waals surface area contributed by atoms with E-state index in [0.29, 0.717) is 12.6 Å². The molecule has 110 valence electrons. The number of nitrogens with zero attached hydrogens (tertiary/aromatic N) is 2. The molecule has 1 aromatic carbocycles. The van der Waals surface area contributed by atoms with Crippen molar-refractivity contribution in [3.8, 4) is 0 Å². The molecule has 1 aliphatic rings. The number of thiocarbonyl (C=S) groups is 1. The minimum Gasteiger partial charge on any atom is -0.389 e. The van der Waals surface area contributed by atoms with Crippen molar-refractivity contribution in [2.45, 2.75) is 18.9 Å². The van der Waals surface area contributed by atoms with Gasteiger partial charge in [0.05, 0.1) is 5.69 Å². The summed E-state index contributed by atoms with van der Waals surface area (Å²) in [6.45, 7) is 1.42. The van der Waals surface area contributed by atoms with Crippen molar-refractivity contribution in [1.29, 1.82) is 0 Å². The zero-order chi connectivity index (χ0) is 14.9. The summed E-state index contributed by atoms with van der Waals surface area (Å²) in [5.41, 5.74) is 5.63. The third-order valence-electron chi connectivity index (χ3n) is 3.79. The van der Waals surface area contributed by atoms with E-state index in [4.69, 9.17) is 18.0 Å². The van der Waals surface area contributed by atoms with Gasteiger partial charge in [-0.3, -0.25) is 0 Å². The first-order chi connectivity index (χ1) is 9.41. The number of hydrogen-bond acceptors (Lipinski definition) is 3. The van der Waals surface area contributed by atoms with Crippen LogP contribution in [0.3, 0.4) is 0 Å². The number of benzene rings is 1. The monoisotopic (exact) mass is 299 g/mol. The Labute approximate surface area is 123 Å². The maximum atomic E-state index is 14.2. The molecular weight excluding hydrogens is 280 g/mol. The van der Waals surface area contributed by atoms with Crippen LogP contribution < -0.4 is 10.6 Å². The molecule has 1 heterocycles. The number of hydrogen-bond donors (Lipinski definition) is 1. The van der Waals surface area contributed by atoms with E-state index in [1.54, 1.807) is 6.07 Å². The zero-order valence-electron chi connectivity index (χ0n) is 11.7. The fraction of sp³-hybridized carbons (Fsp3) is 0.500. The fourth-order valence-corrected chi connectivity index (χ4v) is 2.73. The minimum atomic E-state index is -0.957. The smallest absolute Gasteiger partial charge is 0.182 e. The van der Waals surface area contributed by atoms with Crippen molar-refractivity contribution in [1.82, 2.24) is 4.90 Å². The maximum Gasteiger partial charge on any atom is 0.182 e. The Balaban J connectivity index is 2.29. The predicted octanol–water partition coefficient (Wildman–Crippen LogP) is 2.13. The van der Waals surface area contributed by atoms with Gasteiger partial charge in [-0.05, 0) is 39.1 Å². The third kappa shape index (κ3) is 2.91. The van der Waals surface area contributed by atoms with Gasteiger partial charge in [0.1, 0.15) is 4.99 Å². The quantitative estimate of drug-likeness (QED) is 0.867. The lowest BCUT2D eigenvalue weighted by Crippen LogP contribution is -2.45. The molecule has 1 atom stereocenters. The van der Waals surface area contributed by atoms with E-state index in [9.17, 15) is 8.78 Å². The van der Waals surface area contributed by atoms with Crippen molar-refractivity contribution in [3.63, 3.8) is 0 Å². The lowest BCUT2D eigenvalue weighted by Gasteiger charge is -2.37. The predicted molar refractivity (Wildman–Crippen MR) is 81.2 cm³/mol. The highest BCUT2D eigenvalue weighted by Gasteiger charge is 2.25. The Hall–Kier alpha value is -1.27. The maximum absolute atomic E-state index is 14.2. The lowest BCUT2D eigenvalue weighted by molar-refractivity contribution is 0.257. The van der Waals surface area contributed by atoms with Crippen LogP contribution in [-0.4, -0.2) is 43.1 Å². The third-order valence-corrected chi connectivity index (χ3v) is 4.01. The highest BCUT2D eigenvalue weighted by atomic mass is 32.1. The first-order valence-corrected chi connectivity index (χ1v) is 7.01. The standard InChI is InChI=1S/C14H19F2N3S/c1-18(2)9-4-3-7-19(8-9)11-6-5-10(14(17)20)12(15)13(11)16/h5-6,9H,3-4,7-8H2,1-2H3,(H2,17,20). The molecule has 1 saturated heterocycles. The van der Waals surface area contributed by atoms with E-state index in [-0.39, 0.29) is 16.2 Å². The second-order valence-corrected chi connectivity index (χ2v) is 5.77. The summed E-state index contributed by atoms with van der Waals surface area (Å²) in [5.74, 6) is -1.82. The summed E-state index contributed by atoms with van der Waals surface area (Å²) in [7, 11) is 4.00. The average Bonchev–Trinajstić information content (AvgIpc) is 2.41. The molecule has 1 fully saturated rings. The van der Waals surface area contributed by atoms with Crippen molar-refractivity contribution >= 4 is 22.9 Å². The number of halogens is 2. The number of likely N-dealkylation sites (N-methyl/N-ethyl adjacent to an activating group) is 1. The number of anilines is 1. The second-order valence-electron chi connectivity index (χ2n) is 5.33. The van der Waals surface area contributed by atoms with Gasteiger partial charge in [0, 0.05) is 24.7 Å². The van der Waals surface area contributed by atoms with Crippen LogP contribution in [-0.2, 0) is 0 Å². The second kappa shape index (κ2) is 6.01. The van der Waals surface area contributed by atoms with Gasteiger partial charge in [-0.15, -0.1) is 0 Å². The van der Waals surface area contributed by atoms with Crippen LogP contribution in [0.1, 0.15) is 18.4 Å².